The summed E-state index contributed by atoms with van der Waals surface area (Å²) in [6.45, 7) is 3.02. The largest absolute Gasteiger partial charge is 0.486 e. The Labute approximate surface area is 168 Å². The van der Waals surface area contributed by atoms with Crippen LogP contribution in [0.3, 0.4) is 0 Å². The summed E-state index contributed by atoms with van der Waals surface area (Å²) in [5.74, 6) is 2.32. The number of hydrogen-bond donors (Lipinski definition) is 2. The molecule has 2 heterocycles. The van der Waals surface area contributed by atoms with Gasteiger partial charge >= 0.3 is 6.03 Å². The molecular weight excluding hydrogens is 408 g/mol. The number of carbonyl (C=O) groups is 2. The molecule has 0 spiro atoms. The minimum absolute atomic E-state index is 0.203. The summed E-state index contributed by atoms with van der Waals surface area (Å²) < 4.78 is 12.6. The van der Waals surface area contributed by atoms with Gasteiger partial charge < -0.3 is 14.8 Å². The minimum atomic E-state index is -0.584. The van der Waals surface area contributed by atoms with Crippen LogP contribution in [-0.4, -0.2) is 46.9 Å². The Bertz CT molecular complexity index is 815. The lowest BCUT2D eigenvalue weighted by atomic mass is 10.2. The van der Waals surface area contributed by atoms with Crippen molar-refractivity contribution in [3.05, 3.63) is 18.2 Å². The van der Waals surface area contributed by atoms with E-state index in [1.165, 1.54) is 23.1 Å². The average Bonchev–Trinajstić information content (AvgIpc) is 3.09. The van der Waals surface area contributed by atoms with Crippen LogP contribution in [-0.2, 0) is 4.79 Å². The number of nitrogens with one attached hydrogen (secondary N) is 2. The highest BCUT2D eigenvalue weighted by molar-refractivity contribution is 8.03. The molecule has 0 atom stereocenters. The van der Waals surface area contributed by atoms with Gasteiger partial charge in [-0.05, 0) is 17.9 Å². The van der Waals surface area contributed by atoms with E-state index >= 15 is 0 Å². The molecule has 27 heavy (non-hydrogen) atoms. The fourth-order valence-corrected chi connectivity index (χ4v) is 5.07. The first-order valence-corrected chi connectivity index (χ1v) is 11.0. The van der Waals surface area contributed by atoms with Crippen molar-refractivity contribution in [2.45, 2.75) is 22.0 Å². The van der Waals surface area contributed by atoms with Gasteiger partial charge in [0, 0.05) is 23.9 Å². The average molecular weight is 427 g/mol. The van der Waals surface area contributed by atoms with Gasteiger partial charge in [0.25, 0.3) is 0 Å². The number of urea groups is 1. The van der Waals surface area contributed by atoms with Crippen LogP contribution in [0.15, 0.2) is 26.9 Å². The van der Waals surface area contributed by atoms with Crippen LogP contribution in [0.2, 0.25) is 0 Å². The van der Waals surface area contributed by atoms with Gasteiger partial charge in [-0.15, -0.1) is 10.2 Å². The van der Waals surface area contributed by atoms with Crippen LogP contribution < -0.4 is 20.1 Å². The van der Waals surface area contributed by atoms with E-state index in [4.69, 9.17) is 9.47 Å². The molecule has 0 aliphatic carbocycles. The van der Waals surface area contributed by atoms with Crippen LogP contribution in [0.4, 0.5) is 10.5 Å². The first kappa shape index (κ1) is 19.8. The molecule has 11 heteroatoms. The number of anilines is 1. The Morgan fingerprint density at radius 1 is 1.15 bits per heavy atom. The lowest BCUT2D eigenvalue weighted by molar-refractivity contribution is -0.119. The Balaban J connectivity index is 1.40. The van der Waals surface area contributed by atoms with Gasteiger partial charge in [-0.1, -0.05) is 41.8 Å². The second kappa shape index (κ2) is 9.81. The van der Waals surface area contributed by atoms with Crippen molar-refractivity contribution in [3.8, 4) is 11.5 Å². The van der Waals surface area contributed by atoms with E-state index in [2.05, 4.69) is 27.8 Å². The third-order valence-electron chi connectivity index (χ3n) is 3.26. The molecule has 0 unspecified atom stereocenters. The Morgan fingerprint density at radius 2 is 1.89 bits per heavy atom. The zero-order valence-electron chi connectivity index (χ0n) is 14.5. The second-order valence-electron chi connectivity index (χ2n) is 5.23. The third-order valence-corrected chi connectivity index (χ3v) is 6.34. The quantitative estimate of drug-likeness (QED) is 0.651. The Morgan fingerprint density at radius 3 is 2.67 bits per heavy atom. The number of fused-ring (bicyclic) bond motifs is 1. The highest BCUT2D eigenvalue weighted by atomic mass is 32.2. The van der Waals surface area contributed by atoms with Gasteiger partial charge in [-0.3, -0.25) is 10.1 Å². The number of carbonyl (C=O) groups excluding carboxylic acids is 2. The molecule has 1 aromatic heterocycles. The summed E-state index contributed by atoms with van der Waals surface area (Å²) in [7, 11) is 0. The molecule has 0 bridgehead atoms. The Kier molecular flexibility index (Phi) is 7.18. The number of imide groups is 1. The van der Waals surface area contributed by atoms with E-state index in [1.807, 2.05) is 0 Å². The normalized spacial score (nSPS) is 12.5. The number of rotatable bonds is 7. The number of ether oxygens (including phenoxy) is 2. The van der Waals surface area contributed by atoms with Crippen molar-refractivity contribution < 1.29 is 19.1 Å². The van der Waals surface area contributed by atoms with E-state index < -0.39 is 6.03 Å². The zero-order chi connectivity index (χ0) is 19.1. The van der Waals surface area contributed by atoms with Crippen molar-refractivity contribution in [1.29, 1.82) is 0 Å². The molecule has 1 aliphatic heterocycles. The summed E-state index contributed by atoms with van der Waals surface area (Å²) in [6.07, 6.45) is 0.203. The smallest absolute Gasteiger partial charge is 0.325 e. The molecule has 1 aliphatic rings. The summed E-state index contributed by atoms with van der Waals surface area (Å²) in [4.78, 5) is 23.9. The molecule has 0 radical (unpaired) electrons. The molecule has 2 aromatic rings. The summed E-state index contributed by atoms with van der Waals surface area (Å²) in [5.41, 5.74) is 0.522. The molecule has 0 saturated heterocycles. The van der Waals surface area contributed by atoms with Crippen molar-refractivity contribution in [3.63, 3.8) is 0 Å². The van der Waals surface area contributed by atoms with Crippen molar-refractivity contribution in [1.82, 2.24) is 15.5 Å². The molecule has 2 N–H and O–H groups in total. The maximum Gasteiger partial charge on any atom is 0.325 e. The fourth-order valence-electron chi connectivity index (χ4n) is 2.14. The van der Waals surface area contributed by atoms with Gasteiger partial charge in [-0.25, -0.2) is 4.79 Å². The predicted octanol–water partition coefficient (Wildman–Crippen LogP) is 3.25. The standard InChI is InChI=1S/C16H18N4O4S3/c1-2-25-15-19-20-16(27-15)26-8-5-13(21)18-14(22)17-10-3-4-11-12(9-10)24-7-6-23-11/h3-4,9H,2,5-8H2,1H3,(H2,17,18,21,22). The number of aromatic nitrogens is 2. The summed E-state index contributed by atoms with van der Waals surface area (Å²) in [5, 5.41) is 13.0. The molecule has 3 rings (SSSR count). The Hall–Kier alpha value is -1.98. The highest BCUT2D eigenvalue weighted by Gasteiger charge is 2.14. The molecule has 0 fully saturated rings. The van der Waals surface area contributed by atoms with Crippen LogP contribution in [0.25, 0.3) is 0 Å². The molecular formula is C16H18N4O4S3. The van der Waals surface area contributed by atoms with E-state index in [9.17, 15) is 9.59 Å². The number of amides is 3. The van der Waals surface area contributed by atoms with Crippen molar-refractivity contribution in [2.24, 2.45) is 0 Å². The number of hydrogen-bond acceptors (Lipinski definition) is 9. The molecule has 0 saturated carbocycles. The van der Waals surface area contributed by atoms with E-state index in [-0.39, 0.29) is 12.3 Å². The monoisotopic (exact) mass is 426 g/mol. The van der Waals surface area contributed by atoms with E-state index in [1.54, 1.807) is 30.0 Å². The lowest BCUT2D eigenvalue weighted by Gasteiger charge is -2.19. The van der Waals surface area contributed by atoms with Gasteiger partial charge in [0.15, 0.2) is 20.2 Å². The molecule has 1 aromatic carbocycles. The van der Waals surface area contributed by atoms with Gasteiger partial charge in [0.2, 0.25) is 5.91 Å². The fraction of sp³-hybridized carbons (Fsp3) is 0.375. The maximum atomic E-state index is 12.0. The van der Waals surface area contributed by atoms with Crippen LogP contribution in [0, 0.1) is 0 Å². The summed E-state index contributed by atoms with van der Waals surface area (Å²) >= 11 is 4.59. The van der Waals surface area contributed by atoms with Crippen molar-refractivity contribution >= 4 is 52.5 Å². The predicted molar refractivity (Wildman–Crippen MR) is 106 cm³/mol. The number of thioether (sulfide) groups is 2. The zero-order valence-corrected chi connectivity index (χ0v) is 17.0. The first-order valence-electron chi connectivity index (χ1n) is 8.23. The number of benzene rings is 1. The van der Waals surface area contributed by atoms with Gasteiger partial charge in [-0.2, -0.15) is 0 Å². The molecule has 8 nitrogen and oxygen atoms in total. The number of nitrogens with zero attached hydrogens (tertiary/aromatic N) is 2. The van der Waals surface area contributed by atoms with Gasteiger partial charge in [0.05, 0.1) is 0 Å². The summed E-state index contributed by atoms with van der Waals surface area (Å²) in [6, 6.07) is 4.49. The van der Waals surface area contributed by atoms with Crippen LogP contribution in [0.5, 0.6) is 11.5 Å². The third kappa shape index (κ3) is 6.01. The molecule has 144 valence electrons. The topological polar surface area (TPSA) is 102 Å². The van der Waals surface area contributed by atoms with E-state index in [0.29, 0.717) is 36.2 Å². The van der Waals surface area contributed by atoms with Gasteiger partial charge in [0.1, 0.15) is 13.2 Å². The van der Waals surface area contributed by atoms with Crippen molar-refractivity contribution in [2.75, 3.05) is 30.0 Å². The van der Waals surface area contributed by atoms with Crippen LogP contribution >= 0.6 is 34.9 Å². The SMILES string of the molecule is CCSc1nnc(SCCC(=O)NC(=O)Nc2ccc3c(c2)OCCO3)s1. The first-order chi connectivity index (χ1) is 13.1. The highest BCUT2D eigenvalue weighted by Crippen LogP contribution is 2.32. The van der Waals surface area contributed by atoms with E-state index in [0.717, 1.165) is 14.4 Å². The maximum absolute atomic E-state index is 12.0. The minimum Gasteiger partial charge on any atom is -0.486 e. The van der Waals surface area contributed by atoms with Crippen LogP contribution in [0.1, 0.15) is 13.3 Å². The second-order valence-corrected chi connectivity index (χ2v) is 9.06. The molecule has 3 amide bonds. The lowest BCUT2D eigenvalue weighted by Crippen LogP contribution is -2.34.